The summed E-state index contributed by atoms with van der Waals surface area (Å²) in [5, 5.41) is 1.76. The van der Waals surface area contributed by atoms with Crippen LogP contribution in [0.15, 0.2) is 194 Å². The molecule has 1 aliphatic heterocycles. The van der Waals surface area contributed by atoms with Crippen molar-refractivity contribution in [3.63, 3.8) is 0 Å². The van der Waals surface area contributed by atoms with E-state index in [1.165, 1.54) is 0 Å². The van der Waals surface area contributed by atoms with Gasteiger partial charge in [-0.15, -0.1) is 48.0 Å². The molecule has 0 atom stereocenters. The van der Waals surface area contributed by atoms with Crippen LogP contribution in [0.25, 0.3) is 61.0 Å². The van der Waals surface area contributed by atoms with Crippen LogP contribution in [0.1, 0.15) is 40.1 Å². The average molecular weight is 1030 g/mol. The minimum Gasteiger partial charge on any atom is -0.509 e. The van der Waals surface area contributed by atoms with Gasteiger partial charge in [-0.25, -0.2) is 4.98 Å². The number of nitrogens with zero attached hydrogens (tertiary/aromatic N) is 4. The van der Waals surface area contributed by atoms with E-state index >= 15 is 0 Å². The number of ether oxygens (including phenoxy) is 1. The first-order valence-electron chi connectivity index (χ1n) is 24.3. The second-order valence-electron chi connectivity index (χ2n) is 16.9. The van der Waals surface area contributed by atoms with Gasteiger partial charge in [0.05, 0.1) is 0 Å². The first kappa shape index (κ1) is 35.2. The maximum atomic E-state index is 9.30. The maximum absolute atomic E-state index is 9.30. The van der Waals surface area contributed by atoms with Crippen LogP contribution in [0.3, 0.4) is 0 Å². The van der Waals surface area contributed by atoms with E-state index in [1.54, 1.807) is 18.3 Å². The quantitative estimate of drug-likeness (QED) is 0.142. The molecular formula is C59H45N4OPt-3. The average Bonchev–Trinajstić information content (AvgIpc) is 3.91. The van der Waals surface area contributed by atoms with Gasteiger partial charge in [-0.1, -0.05) is 160 Å². The van der Waals surface area contributed by atoms with E-state index in [4.69, 9.17) is 16.6 Å². The number of aromatic nitrogens is 2. The number of para-hydroxylation sites is 3. The summed E-state index contributed by atoms with van der Waals surface area (Å²) in [5.41, 5.74) is 10.6. The summed E-state index contributed by atoms with van der Waals surface area (Å²) >= 11 is 0. The number of anilines is 4. The Morgan fingerprint density at radius 3 is 1.89 bits per heavy atom. The van der Waals surface area contributed by atoms with Crippen molar-refractivity contribution < 1.29 is 34.0 Å². The standard InChI is InChI=1S/C59H45N4O.Pt/c1-40-34-57(60-38-52(40)43-22-12-7-13-23-43)63-53-33-30-44(59(2,3)4)35-51(53)50-32-31-47(37-56(50)63)64-46-25-16-24-45(36-46)61-39-62(55-29-15-14-28-54(55)61)58-48(41-18-8-5-9-19-41)26-17-27-49(58)42-20-10-6-11-21-42;/h5-35,38-39H,1-4H3;/q-3;/i1D3,16D,24D,25D;. The number of pyridine rings is 1. The molecule has 320 valence electrons. The predicted molar refractivity (Wildman–Crippen MR) is 264 cm³/mol. The molecule has 8 aromatic carbocycles. The molecule has 0 unspecified atom stereocenters. The molecule has 0 amide bonds. The second kappa shape index (κ2) is 17.1. The van der Waals surface area contributed by atoms with Crippen LogP contribution in [0.2, 0.25) is 0 Å². The van der Waals surface area contributed by atoms with Gasteiger partial charge in [0.2, 0.25) is 0 Å². The van der Waals surface area contributed by atoms with Gasteiger partial charge >= 0.3 is 0 Å². The van der Waals surface area contributed by atoms with Crippen molar-refractivity contribution in [3.05, 3.63) is 224 Å². The van der Waals surface area contributed by atoms with Crippen molar-refractivity contribution >= 4 is 44.6 Å². The molecule has 0 N–H and O–H groups in total. The van der Waals surface area contributed by atoms with Gasteiger partial charge < -0.3 is 19.1 Å². The third kappa shape index (κ3) is 7.70. The molecule has 6 heteroatoms. The molecular weight excluding hydrogens is 976 g/mol. The third-order valence-corrected chi connectivity index (χ3v) is 11.8. The Balaban J connectivity index is 0.00000582. The van der Waals surface area contributed by atoms with Gasteiger partial charge in [0.1, 0.15) is 5.82 Å². The minimum absolute atomic E-state index is 0. The first-order chi connectivity index (χ1) is 33.7. The molecule has 0 aliphatic carbocycles. The van der Waals surface area contributed by atoms with Crippen LogP contribution < -0.4 is 14.5 Å². The number of rotatable bonds is 8. The van der Waals surface area contributed by atoms with Crippen LogP contribution in [0.5, 0.6) is 11.5 Å². The third-order valence-electron chi connectivity index (χ3n) is 11.8. The van der Waals surface area contributed by atoms with Crippen molar-refractivity contribution in [1.82, 2.24) is 9.55 Å². The molecule has 2 aromatic heterocycles. The van der Waals surface area contributed by atoms with Gasteiger partial charge in [0.25, 0.3) is 0 Å². The Morgan fingerprint density at radius 1 is 0.615 bits per heavy atom. The molecule has 0 spiro atoms. The summed E-state index contributed by atoms with van der Waals surface area (Å²) < 4.78 is 61.8. The van der Waals surface area contributed by atoms with Crippen LogP contribution in [0.4, 0.5) is 22.7 Å². The van der Waals surface area contributed by atoms with Gasteiger partial charge in [-0.3, -0.25) is 0 Å². The molecule has 0 saturated carbocycles. The zero-order valence-corrected chi connectivity index (χ0v) is 38.1. The monoisotopic (exact) mass is 1030 g/mol. The molecule has 0 fully saturated rings. The predicted octanol–water partition coefficient (Wildman–Crippen LogP) is 15.6. The largest absolute Gasteiger partial charge is 0.509 e. The molecule has 0 bridgehead atoms. The van der Waals surface area contributed by atoms with E-state index in [-0.39, 0.29) is 67.4 Å². The van der Waals surface area contributed by atoms with E-state index in [9.17, 15) is 1.37 Å². The molecule has 11 rings (SSSR count). The number of aryl methyl sites for hydroxylation is 1. The Morgan fingerprint density at radius 2 is 1.25 bits per heavy atom. The molecule has 5 nitrogen and oxygen atoms in total. The first-order valence-corrected chi connectivity index (χ1v) is 21.3. The Kier molecular flexibility index (Phi) is 9.24. The van der Waals surface area contributed by atoms with Gasteiger partial charge in [-0.05, 0) is 72.5 Å². The number of hydrogen-bond acceptors (Lipinski definition) is 4. The summed E-state index contributed by atoms with van der Waals surface area (Å²) in [5.74, 6) is 0.564. The molecule has 65 heavy (non-hydrogen) atoms. The zero-order valence-electron chi connectivity index (χ0n) is 41.8. The Hall–Kier alpha value is -7.20. The summed E-state index contributed by atoms with van der Waals surface area (Å²) in [6.07, 6.45) is 1.62. The van der Waals surface area contributed by atoms with Crippen molar-refractivity contribution in [3.8, 4) is 50.7 Å². The molecule has 1 aliphatic rings. The van der Waals surface area contributed by atoms with Crippen molar-refractivity contribution in [1.29, 1.82) is 0 Å². The summed E-state index contributed by atoms with van der Waals surface area (Å²) in [6.45, 7) is 5.94. The van der Waals surface area contributed by atoms with E-state index in [0.717, 1.165) is 66.7 Å². The van der Waals surface area contributed by atoms with Crippen LogP contribution in [0, 0.1) is 25.7 Å². The topological polar surface area (TPSA) is 33.5 Å². The number of benzene rings is 8. The number of hydrogen-bond donors (Lipinski definition) is 0. The SMILES string of the molecule is [2H]c1c(Oc2[c-]c3c(cc2)c2cc(C(C)(C)C)ccc2n3-c2cc(C([2H])([2H])[2H])c(-c3ccccc3)cn2)[c-]c(N2[CH-]N(c3c(-c4ccccc4)cccc3-c3ccccc3)c3ccccc32)c([2H])c1[2H].[Pt]. The molecule has 0 saturated heterocycles. The van der Waals surface area contributed by atoms with Crippen LogP contribution >= 0.6 is 0 Å². The van der Waals surface area contributed by atoms with Crippen molar-refractivity contribution in [2.24, 2.45) is 0 Å². The Labute approximate surface area is 403 Å². The van der Waals surface area contributed by atoms with Gasteiger partial charge in [0, 0.05) is 83.5 Å². The second-order valence-corrected chi connectivity index (χ2v) is 16.9. The fourth-order valence-electron chi connectivity index (χ4n) is 8.67. The summed E-state index contributed by atoms with van der Waals surface area (Å²) in [4.78, 5) is 8.85. The molecule has 10 aromatic rings. The van der Waals surface area contributed by atoms with Crippen LogP contribution in [-0.4, -0.2) is 9.55 Å². The van der Waals surface area contributed by atoms with E-state index in [0.29, 0.717) is 16.9 Å². The molecule has 0 radical (unpaired) electrons. The maximum Gasteiger partial charge on any atom is 0.135 e. The van der Waals surface area contributed by atoms with Crippen molar-refractivity contribution in [2.75, 3.05) is 9.80 Å². The zero-order chi connectivity index (χ0) is 48.5. The normalized spacial score (nSPS) is 13.9. The Bertz CT molecular complexity index is 3580. The fourth-order valence-corrected chi connectivity index (χ4v) is 8.67. The minimum atomic E-state index is -2.45. The number of fused-ring (bicyclic) bond motifs is 4. The fraction of sp³-hybridized carbons (Fsp3) is 0.0847. The van der Waals surface area contributed by atoms with E-state index in [1.807, 2.05) is 119 Å². The van der Waals surface area contributed by atoms with Gasteiger partial charge in [-0.2, -0.15) is 12.1 Å². The van der Waals surface area contributed by atoms with Crippen LogP contribution in [-0.2, 0) is 26.5 Å². The van der Waals surface area contributed by atoms with E-state index < -0.39 is 6.85 Å². The van der Waals surface area contributed by atoms with Gasteiger partial charge in [0.15, 0.2) is 0 Å². The summed E-state index contributed by atoms with van der Waals surface area (Å²) in [7, 11) is 0. The molecule has 3 heterocycles. The van der Waals surface area contributed by atoms with E-state index in [2.05, 4.69) is 92.4 Å². The smallest absolute Gasteiger partial charge is 0.135 e. The van der Waals surface area contributed by atoms with Crippen molar-refractivity contribution in [2.45, 2.75) is 33.0 Å². The summed E-state index contributed by atoms with van der Waals surface area (Å²) in [6, 6.07) is 61.5.